The number of aryl methyl sites for hydroxylation is 1. The first-order valence-corrected chi connectivity index (χ1v) is 10.5. The van der Waals surface area contributed by atoms with Gasteiger partial charge in [-0.15, -0.1) is 0 Å². The Labute approximate surface area is 172 Å². The first-order valence-electron chi connectivity index (χ1n) is 10.5. The highest BCUT2D eigenvalue weighted by molar-refractivity contribution is 6.10. The second-order valence-corrected chi connectivity index (χ2v) is 7.71. The van der Waals surface area contributed by atoms with Gasteiger partial charge in [0.1, 0.15) is 0 Å². The second-order valence-electron chi connectivity index (χ2n) is 7.71. The van der Waals surface area contributed by atoms with Crippen LogP contribution in [0.3, 0.4) is 0 Å². The van der Waals surface area contributed by atoms with Gasteiger partial charge in [-0.1, -0.05) is 98.3 Å². The smallest absolute Gasteiger partial charge is 0.0573 e. The Morgan fingerprint density at radius 2 is 1.31 bits per heavy atom. The fourth-order valence-electron chi connectivity index (χ4n) is 4.51. The molecule has 0 atom stereocenters. The summed E-state index contributed by atoms with van der Waals surface area (Å²) in [5.41, 5.74) is 8.05. The zero-order valence-corrected chi connectivity index (χ0v) is 16.8. The molecule has 0 N–H and O–H groups in total. The van der Waals surface area contributed by atoms with Gasteiger partial charge in [-0.2, -0.15) is 0 Å². The lowest BCUT2D eigenvalue weighted by molar-refractivity contribution is 0.922. The van der Waals surface area contributed by atoms with E-state index < -0.39 is 0 Å². The zero-order chi connectivity index (χ0) is 19.6. The van der Waals surface area contributed by atoms with E-state index in [9.17, 15) is 0 Å². The maximum absolute atomic E-state index is 2.49. The Morgan fingerprint density at radius 1 is 0.621 bits per heavy atom. The van der Waals surface area contributed by atoms with E-state index in [0.29, 0.717) is 0 Å². The molecule has 1 nitrogen and oxygen atoms in total. The average molecular weight is 376 g/mol. The van der Waals surface area contributed by atoms with Crippen molar-refractivity contribution < 1.29 is 0 Å². The first kappa shape index (κ1) is 17.8. The van der Waals surface area contributed by atoms with Crippen LogP contribution in [0.1, 0.15) is 30.0 Å². The molecule has 0 fully saturated rings. The maximum atomic E-state index is 2.49. The van der Waals surface area contributed by atoms with Crippen LogP contribution in [0.2, 0.25) is 0 Å². The summed E-state index contributed by atoms with van der Waals surface area (Å²) in [6, 6.07) is 35.2. The predicted molar refractivity (Wildman–Crippen MR) is 124 cm³/mol. The lowest BCUT2D eigenvalue weighted by atomic mass is 10.0. The normalized spacial score (nSPS) is 11.3. The van der Waals surface area contributed by atoms with E-state index in [-0.39, 0.29) is 0 Å². The van der Waals surface area contributed by atoms with Crippen LogP contribution in [0.5, 0.6) is 0 Å². The van der Waals surface area contributed by atoms with Gasteiger partial charge in [-0.05, 0) is 41.7 Å². The molecule has 0 spiro atoms. The summed E-state index contributed by atoms with van der Waals surface area (Å²) >= 11 is 0. The van der Waals surface area contributed by atoms with Gasteiger partial charge >= 0.3 is 0 Å². The minimum Gasteiger partial charge on any atom is -0.309 e. The summed E-state index contributed by atoms with van der Waals surface area (Å²) in [5.74, 6) is 0. The van der Waals surface area contributed by atoms with Gasteiger partial charge in [0, 0.05) is 16.5 Å². The van der Waals surface area contributed by atoms with Crippen LogP contribution in [0, 0.1) is 0 Å². The van der Waals surface area contributed by atoms with Crippen molar-refractivity contribution >= 4 is 21.8 Å². The monoisotopic (exact) mass is 375 g/mol. The molecule has 0 unspecified atom stereocenters. The number of fused-ring (bicyclic) bond motifs is 3. The maximum Gasteiger partial charge on any atom is 0.0573 e. The second kappa shape index (κ2) is 7.60. The van der Waals surface area contributed by atoms with Crippen molar-refractivity contribution in [2.45, 2.75) is 26.2 Å². The van der Waals surface area contributed by atoms with Crippen LogP contribution < -0.4 is 0 Å². The summed E-state index contributed by atoms with van der Waals surface area (Å²) in [6.07, 6.45) is 3.17. The van der Waals surface area contributed by atoms with E-state index in [1.807, 2.05) is 0 Å². The van der Waals surface area contributed by atoms with E-state index in [0.717, 1.165) is 19.3 Å². The third-order valence-electron chi connectivity index (χ3n) is 5.77. The molecule has 0 saturated carbocycles. The van der Waals surface area contributed by atoms with Crippen molar-refractivity contribution in [3.05, 3.63) is 114 Å². The molecule has 142 valence electrons. The molecule has 0 bridgehead atoms. The van der Waals surface area contributed by atoms with Gasteiger partial charge in [0.2, 0.25) is 0 Å². The molecule has 0 amide bonds. The molecule has 5 aromatic rings. The van der Waals surface area contributed by atoms with E-state index in [4.69, 9.17) is 0 Å². The molecule has 5 rings (SSSR count). The summed E-state index contributed by atoms with van der Waals surface area (Å²) < 4.78 is 2.49. The fraction of sp³-hybridized carbons (Fsp3) is 0.143. The van der Waals surface area contributed by atoms with Crippen molar-refractivity contribution in [2.24, 2.45) is 0 Å². The quantitative estimate of drug-likeness (QED) is 0.303. The number of hydrogen-bond acceptors (Lipinski definition) is 0. The van der Waals surface area contributed by atoms with E-state index >= 15 is 0 Å². The number of aromatic nitrogens is 1. The van der Waals surface area contributed by atoms with Crippen LogP contribution in [0.15, 0.2) is 97.1 Å². The summed E-state index contributed by atoms with van der Waals surface area (Å²) in [5, 5.41) is 2.68. The van der Waals surface area contributed by atoms with E-state index in [1.54, 1.807) is 0 Å². The average Bonchev–Trinajstić information content (AvgIpc) is 3.11. The standard InChI is InChI=1S/C28H25N/c1-2-11-22-15-10-17-25-24-16-7-9-19-27(24)29(28(22)25)26-18-8-6-14-23(26)20-21-12-4-3-5-13-21/h3-10,12-19H,2,11,20H2,1H3. The van der Waals surface area contributed by atoms with Gasteiger partial charge in [0.05, 0.1) is 11.0 Å². The molecule has 29 heavy (non-hydrogen) atoms. The Kier molecular flexibility index (Phi) is 4.65. The van der Waals surface area contributed by atoms with Crippen LogP contribution >= 0.6 is 0 Å². The Balaban J connectivity index is 1.81. The van der Waals surface area contributed by atoms with Crippen LogP contribution in [-0.2, 0) is 12.8 Å². The molecule has 1 aromatic heterocycles. The van der Waals surface area contributed by atoms with Crippen LogP contribution in [0.4, 0.5) is 0 Å². The SMILES string of the molecule is CCCc1cccc2c3ccccc3n(-c3ccccc3Cc3ccccc3)c12. The number of rotatable bonds is 5. The summed E-state index contributed by atoms with van der Waals surface area (Å²) in [6.45, 7) is 2.26. The van der Waals surface area contributed by atoms with Crippen molar-refractivity contribution in [3.63, 3.8) is 0 Å². The highest BCUT2D eigenvalue weighted by Gasteiger charge is 2.16. The van der Waals surface area contributed by atoms with E-state index in [1.165, 1.54) is 44.2 Å². The lowest BCUT2D eigenvalue weighted by Crippen LogP contribution is -2.02. The fourth-order valence-corrected chi connectivity index (χ4v) is 4.51. The third kappa shape index (κ3) is 3.13. The number of para-hydroxylation sites is 3. The first-order chi connectivity index (χ1) is 14.4. The van der Waals surface area contributed by atoms with Gasteiger partial charge in [-0.25, -0.2) is 0 Å². The predicted octanol–water partition coefficient (Wildman–Crippen LogP) is 7.33. The Hall–Kier alpha value is -3.32. The van der Waals surface area contributed by atoms with Crippen molar-refractivity contribution in [2.75, 3.05) is 0 Å². The van der Waals surface area contributed by atoms with Crippen LogP contribution in [-0.4, -0.2) is 4.57 Å². The largest absolute Gasteiger partial charge is 0.309 e. The minimum atomic E-state index is 0.932. The lowest BCUT2D eigenvalue weighted by Gasteiger charge is -2.15. The molecule has 4 aromatic carbocycles. The van der Waals surface area contributed by atoms with Crippen molar-refractivity contribution in [1.29, 1.82) is 0 Å². The summed E-state index contributed by atoms with van der Waals surface area (Å²) in [7, 11) is 0. The third-order valence-corrected chi connectivity index (χ3v) is 5.77. The van der Waals surface area contributed by atoms with E-state index in [2.05, 4.69) is 109 Å². The van der Waals surface area contributed by atoms with Crippen LogP contribution in [0.25, 0.3) is 27.5 Å². The number of benzene rings is 4. The minimum absolute atomic E-state index is 0.932. The molecule has 0 aliphatic heterocycles. The molecular weight excluding hydrogens is 350 g/mol. The molecule has 0 radical (unpaired) electrons. The topological polar surface area (TPSA) is 4.93 Å². The Bertz CT molecular complexity index is 1280. The van der Waals surface area contributed by atoms with Gasteiger partial charge < -0.3 is 4.57 Å². The van der Waals surface area contributed by atoms with Gasteiger partial charge in [0.15, 0.2) is 0 Å². The molecule has 0 aliphatic carbocycles. The zero-order valence-electron chi connectivity index (χ0n) is 16.8. The highest BCUT2D eigenvalue weighted by Crippen LogP contribution is 2.35. The molecule has 1 heterocycles. The van der Waals surface area contributed by atoms with Gasteiger partial charge in [-0.3, -0.25) is 0 Å². The molecule has 0 saturated heterocycles. The Morgan fingerprint density at radius 3 is 2.17 bits per heavy atom. The van der Waals surface area contributed by atoms with Crippen molar-refractivity contribution in [3.8, 4) is 5.69 Å². The molecule has 0 aliphatic rings. The number of hydrogen-bond donors (Lipinski definition) is 0. The number of nitrogens with zero attached hydrogens (tertiary/aromatic N) is 1. The van der Waals surface area contributed by atoms with Gasteiger partial charge in [0.25, 0.3) is 0 Å². The molecular formula is C28H25N. The molecule has 1 heteroatoms. The summed E-state index contributed by atoms with van der Waals surface area (Å²) in [4.78, 5) is 0. The van der Waals surface area contributed by atoms with Crippen molar-refractivity contribution in [1.82, 2.24) is 4.57 Å². The highest BCUT2D eigenvalue weighted by atomic mass is 15.0.